The zero-order chi connectivity index (χ0) is 90.4. The summed E-state index contributed by atoms with van der Waals surface area (Å²) in [6, 6.07) is 114. The molecule has 0 aliphatic rings. The summed E-state index contributed by atoms with van der Waals surface area (Å²) in [6.45, 7) is 69.5. The Kier molecular flexibility index (Phi) is 24.0. The SMILES string of the molecule is CC(C)(C)c1ccc(-c2c(-c3ccc(Oc4ccc(-c5c(-c6ccc(C(C)(C)C)cc6)c(-c6ccc(C(C)(C)C)cc6)c(-c6ccc(C(C)(C)C)cc6)c(-c6ccc(C(C)(C)C)cc6)c5-c5ccc(C(C)(C)C)cc5)cc4)cc3)c(-c3ccc(C(C)(C)C)cc3)c(-c3ccc(C(C)(C)C)cc3)c(-c3ccc(C(C)(C)C)cc3)c2-c2ccc(C(C)(C)C)cc2)cc1. The van der Waals surface area contributed by atoms with E-state index in [1.54, 1.807) is 0 Å². The Morgan fingerprint density at radius 2 is 0.176 bits per heavy atom. The molecule has 0 fully saturated rings. The average Bonchev–Trinajstić information content (AvgIpc) is 0.715. The number of hydrogen-bond donors (Lipinski definition) is 0. The van der Waals surface area contributed by atoms with Gasteiger partial charge in [-0.25, -0.2) is 0 Å². The van der Waals surface area contributed by atoms with Gasteiger partial charge in [-0.1, -0.05) is 475 Å². The minimum absolute atomic E-state index is 0.0602. The molecule has 0 spiro atoms. The molecule has 0 saturated heterocycles. The number of ether oxygens (including phenoxy) is 1. The van der Waals surface area contributed by atoms with Gasteiger partial charge in [0.2, 0.25) is 0 Å². The van der Waals surface area contributed by atoms with E-state index in [9.17, 15) is 0 Å². The van der Waals surface area contributed by atoms with Crippen molar-refractivity contribution in [1.82, 2.24) is 0 Å². The standard InChI is InChI=1S/C124H138O/c1-115(2,3)91-55-31-79(32-56-91)103-105(81-35-59-93(60-36-81)117(7,8)9)109(85-43-67-97(68-44-85)121(19,20)21)113(110(86-45-69-98(70-46-86)122(22,23)24)106(103)82-37-61-94(62-38-82)118(10,11)12)89-51-75-101(76-52-89)125-102-77-53-90(54-78-102)114-111(87-47-71-99(72-48-87)123(25,26)27)107(83-39-63-95(64-40-83)119(13,14)15)104(80-33-57-92(58-34-80)116(4,5)6)108(84-41-65-96(66-42-84)120(16,17)18)112(114)88-49-73-100(74-50-88)124(28,29)30/h31-78H,1-30H3. The predicted molar refractivity (Wildman–Crippen MR) is 545 cm³/mol. The van der Waals surface area contributed by atoms with Gasteiger partial charge in [-0.3, -0.25) is 0 Å². The van der Waals surface area contributed by atoms with E-state index in [4.69, 9.17) is 4.74 Å². The first kappa shape index (κ1) is 90.1. The maximum absolute atomic E-state index is 7.35. The monoisotopic (exact) mass is 1640 g/mol. The van der Waals surface area contributed by atoms with Crippen molar-refractivity contribution >= 4 is 0 Å². The van der Waals surface area contributed by atoms with Crippen LogP contribution in [0.2, 0.25) is 0 Å². The molecule has 0 unspecified atom stereocenters. The summed E-state index contributed by atoms with van der Waals surface area (Å²) < 4.78 is 7.35. The first-order valence-electron chi connectivity index (χ1n) is 45.8. The predicted octanol–water partition coefficient (Wildman–Crippen LogP) is 36.5. The molecule has 1 nitrogen and oxygen atoms in total. The third kappa shape index (κ3) is 19.2. The molecule has 14 aromatic rings. The molecule has 0 heterocycles. The van der Waals surface area contributed by atoms with Crippen LogP contribution in [-0.2, 0) is 54.1 Å². The van der Waals surface area contributed by atoms with Crippen LogP contribution in [-0.4, -0.2) is 0 Å². The van der Waals surface area contributed by atoms with E-state index < -0.39 is 0 Å². The molecule has 0 aromatic heterocycles. The fourth-order valence-electron chi connectivity index (χ4n) is 17.8. The molecular weight excluding hydrogens is 1510 g/mol. The number of hydrogen-bond acceptors (Lipinski definition) is 1. The van der Waals surface area contributed by atoms with Gasteiger partial charge in [-0.15, -0.1) is 0 Å². The Bertz CT molecular complexity index is 5500. The largest absolute Gasteiger partial charge is 0.457 e. The molecule has 0 amide bonds. The Morgan fingerprint density at radius 3 is 0.248 bits per heavy atom. The third-order valence-electron chi connectivity index (χ3n) is 25.9. The lowest BCUT2D eigenvalue weighted by molar-refractivity contribution is 0.483. The fraction of sp³-hybridized carbons (Fsp3) is 0.323. The average molecular weight is 1640 g/mol. The zero-order valence-corrected chi connectivity index (χ0v) is 81.1. The molecule has 0 atom stereocenters. The highest BCUT2D eigenvalue weighted by atomic mass is 16.5. The van der Waals surface area contributed by atoms with E-state index in [0.717, 1.165) is 89.4 Å². The van der Waals surface area contributed by atoms with Gasteiger partial charge in [0.25, 0.3) is 0 Å². The second-order valence-electron chi connectivity index (χ2n) is 45.9. The van der Waals surface area contributed by atoms with Crippen LogP contribution in [0.4, 0.5) is 0 Å². The van der Waals surface area contributed by atoms with Crippen molar-refractivity contribution < 1.29 is 4.74 Å². The van der Waals surface area contributed by atoms with Gasteiger partial charge < -0.3 is 4.74 Å². The topological polar surface area (TPSA) is 9.23 Å². The summed E-state index contributed by atoms with van der Waals surface area (Å²) in [5.41, 5.74) is 40.1. The molecule has 14 rings (SSSR count). The summed E-state index contributed by atoms with van der Waals surface area (Å²) >= 11 is 0. The van der Waals surface area contributed by atoms with E-state index >= 15 is 0 Å². The molecule has 14 aromatic carbocycles. The van der Waals surface area contributed by atoms with Crippen molar-refractivity contribution in [3.8, 4) is 145 Å². The van der Waals surface area contributed by atoms with Gasteiger partial charge in [0.15, 0.2) is 0 Å². The second kappa shape index (κ2) is 33.3. The molecule has 640 valence electrons. The number of rotatable bonds is 14. The van der Waals surface area contributed by atoms with E-state index in [0.29, 0.717) is 0 Å². The van der Waals surface area contributed by atoms with E-state index in [1.807, 2.05) is 0 Å². The molecule has 0 radical (unpaired) electrons. The maximum atomic E-state index is 7.35. The highest BCUT2D eigenvalue weighted by Crippen LogP contribution is 2.60. The normalized spacial score (nSPS) is 12.9. The van der Waals surface area contributed by atoms with Crippen LogP contribution in [0.1, 0.15) is 263 Å². The van der Waals surface area contributed by atoms with Crippen LogP contribution in [0, 0.1) is 0 Å². The molecule has 125 heavy (non-hydrogen) atoms. The van der Waals surface area contributed by atoms with Crippen molar-refractivity contribution in [2.75, 3.05) is 0 Å². The molecule has 1 heteroatoms. The van der Waals surface area contributed by atoms with E-state index in [-0.39, 0.29) is 54.1 Å². The van der Waals surface area contributed by atoms with Gasteiger partial charge in [-0.2, -0.15) is 0 Å². The van der Waals surface area contributed by atoms with E-state index in [1.165, 1.54) is 111 Å². The van der Waals surface area contributed by atoms with Crippen molar-refractivity contribution in [3.05, 3.63) is 347 Å². The van der Waals surface area contributed by atoms with Crippen LogP contribution < -0.4 is 4.74 Å². The lowest BCUT2D eigenvalue weighted by atomic mass is 9.73. The molecule has 0 saturated carbocycles. The van der Waals surface area contributed by atoms with Crippen LogP contribution in [0.5, 0.6) is 11.5 Å². The highest BCUT2D eigenvalue weighted by Gasteiger charge is 2.35. The highest BCUT2D eigenvalue weighted by molar-refractivity contribution is 6.17. The van der Waals surface area contributed by atoms with Crippen molar-refractivity contribution in [2.45, 2.75) is 262 Å². The van der Waals surface area contributed by atoms with Crippen LogP contribution in [0.15, 0.2) is 291 Å². The fourth-order valence-corrected chi connectivity index (χ4v) is 17.8. The Balaban J connectivity index is 1.06. The second-order valence-corrected chi connectivity index (χ2v) is 45.9. The Hall–Kier alpha value is -11.1. The summed E-state index contributed by atoms with van der Waals surface area (Å²) in [4.78, 5) is 0. The molecule has 0 aliphatic heterocycles. The zero-order valence-electron chi connectivity index (χ0n) is 81.1. The van der Waals surface area contributed by atoms with Gasteiger partial charge in [0, 0.05) is 0 Å². The first-order chi connectivity index (χ1) is 58.3. The first-order valence-corrected chi connectivity index (χ1v) is 45.8. The van der Waals surface area contributed by atoms with Crippen LogP contribution in [0.3, 0.4) is 0 Å². The molecular formula is C124H138O. The van der Waals surface area contributed by atoms with Gasteiger partial charge in [-0.05, 0) is 268 Å². The van der Waals surface area contributed by atoms with Gasteiger partial charge >= 0.3 is 0 Å². The van der Waals surface area contributed by atoms with Gasteiger partial charge in [0.1, 0.15) is 11.5 Å². The smallest absolute Gasteiger partial charge is 0.127 e. The minimum Gasteiger partial charge on any atom is -0.457 e. The summed E-state index contributed by atoms with van der Waals surface area (Å²) in [6.07, 6.45) is 0. The third-order valence-corrected chi connectivity index (χ3v) is 25.9. The van der Waals surface area contributed by atoms with Crippen molar-refractivity contribution in [1.29, 1.82) is 0 Å². The number of benzene rings is 14. The van der Waals surface area contributed by atoms with Crippen LogP contribution >= 0.6 is 0 Å². The Labute approximate surface area is 753 Å². The summed E-state index contributed by atoms with van der Waals surface area (Å²) in [7, 11) is 0. The lowest BCUT2D eigenvalue weighted by Gasteiger charge is -2.30. The van der Waals surface area contributed by atoms with Crippen molar-refractivity contribution in [3.63, 3.8) is 0 Å². The Morgan fingerprint density at radius 1 is 0.104 bits per heavy atom. The lowest BCUT2D eigenvalue weighted by Crippen LogP contribution is -2.11. The molecule has 0 aliphatic carbocycles. The molecule has 0 bridgehead atoms. The quantitative estimate of drug-likeness (QED) is 0.105. The van der Waals surface area contributed by atoms with Crippen molar-refractivity contribution in [2.24, 2.45) is 0 Å². The van der Waals surface area contributed by atoms with E-state index in [2.05, 4.69) is 499 Å². The summed E-state index contributed by atoms with van der Waals surface area (Å²) in [5, 5.41) is 0. The van der Waals surface area contributed by atoms with Gasteiger partial charge in [0.05, 0.1) is 0 Å². The maximum Gasteiger partial charge on any atom is 0.127 e. The summed E-state index contributed by atoms with van der Waals surface area (Å²) in [5.74, 6) is 1.48. The minimum atomic E-state index is -0.0764. The molecule has 0 N–H and O–H groups in total. The van der Waals surface area contributed by atoms with Crippen LogP contribution in [0.25, 0.3) is 134 Å².